The predicted molar refractivity (Wildman–Crippen MR) is 118 cm³/mol. The molecule has 0 fully saturated rings. The smallest absolute Gasteiger partial charge is 0.309 e. The van der Waals surface area contributed by atoms with Gasteiger partial charge in [0.1, 0.15) is 18.1 Å². The monoisotopic (exact) mass is 419 g/mol. The van der Waals surface area contributed by atoms with Crippen LogP contribution in [0.4, 0.5) is 5.69 Å². The zero-order valence-electron chi connectivity index (χ0n) is 17.4. The highest BCUT2D eigenvalue weighted by Gasteiger charge is 2.09. The average molecular weight is 419 g/mol. The lowest BCUT2D eigenvalue weighted by Crippen LogP contribution is -2.21. The Labute approximate surface area is 181 Å². The molecule has 0 bridgehead atoms. The van der Waals surface area contributed by atoms with Crippen LogP contribution in [-0.4, -0.2) is 25.1 Å². The van der Waals surface area contributed by atoms with Gasteiger partial charge in [0.2, 0.25) is 0 Å². The Balaban J connectivity index is 1.33. The third-order valence-electron chi connectivity index (χ3n) is 4.35. The van der Waals surface area contributed by atoms with Gasteiger partial charge in [-0.05, 0) is 48.9 Å². The number of benzene rings is 3. The maximum atomic E-state index is 12.0. The number of ether oxygens (including phenoxy) is 3. The Kier molecular flexibility index (Phi) is 8.05. The van der Waals surface area contributed by atoms with E-state index in [1.165, 1.54) is 0 Å². The maximum absolute atomic E-state index is 12.0. The molecule has 3 rings (SSSR count). The summed E-state index contributed by atoms with van der Waals surface area (Å²) >= 11 is 0. The quantitative estimate of drug-likeness (QED) is 0.489. The molecule has 0 heterocycles. The summed E-state index contributed by atoms with van der Waals surface area (Å²) < 4.78 is 16.2. The van der Waals surface area contributed by atoms with E-state index in [2.05, 4.69) is 5.32 Å². The summed E-state index contributed by atoms with van der Waals surface area (Å²) in [6.07, 6.45) is 0.0641. The van der Waals surface area contributed by atoms with Crippen molar-refractivity contribution in [2.75, 3.05) is 18.5 Å². The van der Waals surface area contributed by atoms with Crippen molar-refractivity contribution < 1.29 is 23.8 Å². The number of aryl methyl sites for hydroxylation is 1. The van der Waals surface area contributed by atoms with Crippen LogP contribution >= 0.6 is 0 Å². The summed E-state index contributed by atoms with van der Waals surface area (Å²) in [5, 5.41) is 2.68. The van der Waals surface area contributed by atoms with E-state index in [9.17, 15) is 9.59 Å². The number of hydrogen-bond acceptors (Lipinski definition) is 5. The largest absolute Gasteiger partial charge is 0.493 e. The SMILES string of the molecule is Cc1ccc(OCCC(=O)OCC(=O)Nc2ccc(OCc3ccccc3)cc2)cc1. The number of amides is 1. The van der Waals surface area contributed by atoms with Gasteiger partial charge in [-0.3, -0.25) is 9.59 Å². The second-order valence-electron chi connectivity index (χ2n) is 6.92. The Morgan fingerprint density at radius 2 is 1.45 bits per heavy atom. The van der Waals surface area contributed by atoms with Crippen molar-refractivity contribution in [2.24, 2.45) is 0 Å². The molecule has 160 valence electrons. The minimum absolute atomic E-state index is 0.0641. The number of esters is 1. The van der Waals surface area contributed by atoms with E-state index in [1.807, 2.05) is 61.5 Å². The number of carbonyl (C=O) groups is 2. The number of rotatable bonds is 10. The van der Waals surface area contributed by atoms with Gasteiger partial charge >= 0.3 is 5.97 Å². The number of nitrogens with one attached hydrogen (secondary N) is 1. The molecular weight excluding hydrogens is 394 g/mol. The lowest BCUT2D eigenvalue weighted by atomic mass is 10.2. The first kappa shape index (κ1) is 21.9. The Bertz CT molecular complexity index is 969. The minimum Gasteiger partial charge on any atom is -0.493 e. The van der Waals surface area contributed by atoms with Gasteiger partial charge in [0, 0.05) is 5.69 Å². The molecule has 3 aromatic rings. The van der Waals surface area contributed by atoms with Crippen molar-refractivity contribution in [1.82, 2.24) is 0 Å². The summed E-state index contributed by atoms with van der Waals surface area (Å²) in [7, 11) is 0. The Morgan fingerprint density at radius 3 is 2.16 bits per heavy atom. The molecule has 6 nitrogen and oxygen atoms in total. The number of hydrogen-bond donors (Lipinski definition) is 1. The second kappa shape index (κ2) is 11.4. The van der Waals surface area contributed by atoms with E-state index in [0.717, 1.165) is 11.1 Å². The zero-order chi connectivity index (χ0) is 21.9. The van der Waals surface area contributed by atoms with Crippen LogP contribution in [0, 0.1) is 6.92 Å². The molecule has 0 radical (unpaired) electrons. The Hall–Kier alpha value is -3.80. The summed E-state index contributed by atoms with van der Waals surface area (Å²) in [5.41, 5.74) is 2.80. The van der Waals surface area contributed by atoms with Crippen LogP contribution < -0.4 is 14.8 Å². The highest BCUT2D eigenvalue weighted by Crippen LogP contribution is 2.17. The van der Waals surface area contributed by atoms with Crippen LogP contribution in [0.25, 0.3) is 0 Å². The molecule has 0 aliphatic rings. The molecule has 1 N–H and O–H groups in total. The zero-order valence-corrected chi connectivity index (χ0v) is 17.4. The van der Waals surface area contributed by atoms with Crippen molar-refractivity contribution in [2.45, 2.75) is 20.0 Å². The molecule has 0 aliphatic carbocycles. The standard InChI is InChI=1S/C25H25NO5/c1-19-7-11-22(12-8-19)29-16-15-25(28)31-18-24(27)26-21-9-13-23(14-10-21)30-17-20-5-3-2-4-6-20/h2-14H,15-18H2,1H3,(H,26,27). The van der Waals surface area contributed by atoms with E-state index in [-0.39, 0.29) is 19.6 Å². The fraction of sp³-hybridized carbons (Fsp3) is 0.200. The molecule has 3 aromatic carbocycles. The average Bonchev–Trinajstić information content (AvgIpc) is 2.79. The van der Waals surface area contributed by atoms with E-state index in [1.54, 1.807) is 24.3 Å². The van der Waals surface area contributed by atoms with E-state index >= 15 is 0 Å². The van der Waals surface area contributed by atoms with Crippen molar-refractivity contribution in [3.63, 3.8) is 0 Å². The molecule has 0 aromatic heterocycles. The highest BCUT2D eigenvalue weighted by atomic mass is 16.5. The summed E-state index contributed by atoms with van der Waals surface area (Å²) in [4.78, 5) is 23.8. The Morgan fingerprint density at radius 1 is 0.806 bits per heavy atom. The molecule has 6 heteroatoms. The van der Waals surface area contributed by atoms with Gasteiger partial charge in [0.05, 0.1) is 13.0 Å². The third-order valence-corrected chi connectivity index (χ3v) is 4.35. The van der Waals surface area contributed by atoms with Gasteiger partial charge in [0.15, 0.2) is 6.61 Å². The summed E-state index contributed by atoms with van der Waals surface area (Å²) in [6, 6.07) is 24.4. The van der Waals surface area contributed by atoms with Gasteiger partial charge in [-0.25, -0.2) is 0 Å². The van der Waals surface area contributed by atoms with Crippen LogP contribution in [0.15, 0.2) is 78.9 Å². The van der Waals surface area contributed by atoms with Crippen LogP contribution in [0.5, 0.6) is 11.5 Å². The van der Waals surface area contributed by atoms with Crippen LogP contribution in [0.1, 0.15) is 17.5 Å². The fourth-order valence-corrected chi connectivity index (χ4v) is 2.68. The first-order valence-corrected chi connectivity index (χ1v) is 10.0. The topological polar surface area (TPSA) is 73.9 Å². The van der Waals surface area contributed by atoms with Gasteiger partial charge in [0.25, 0.3) is 5.91 Å². The van der Waals surface area contributed by atoms with Crippen molar-refractivity contribution in [3.05, 3.63) is 90.0 Å². The molecule has 0 saturated carbocycles. The molecule has 0 unspecified atom stereocenters. The van der Waals surface area contributed by atoms with E-state index in [0.29, 0.717) is 23.8 Å². The second-order valence-corrected chi connectivity index (χ2v) is 6.92. The molecule has 0 saturated heterocycles. The van der Waals surface area contributed by atoms with Crippen molar-refractivity contribution in [3.8, 4) is 11.5 Å². The molecule has 0 spiro atoms. The maximum Gasteiger partial charge on any atom is 0.309 e. The van der Waals surface area contributed by atoms with Gasteiger partial charge in [-0.15, -0.1) is 0 Å². The van der Waals surface area contributed by atoms with Gasteiger partial charge in [-0.2, -0.15) is 0 Å². The lowest BCUT2D eigenvalue weighted by Gasteiger charge is -2.09. The molecule has 31 heavy (non-hydrogen) atoms. The summed E-state index contributed by atoms with van der Waals surface area (Å²) in [5.74, 6) is 0.479. The van der Waals surface area contributed by atoms with Gasteiger partial charge in [-0.1, -0.05) is 48.0 Å². The normalized spacial score (nSPS) is 10.2. The van der Waals surface area contributed by atoms with Gasteiger partial charge < -0.3 is 19.5 Å². The predicted octanol–water partition coefficient (Wildman–Crippen LogP) is 4.52. The molecule has 0 aliphatic heterocycles. The van der Waals surface area contributed by atoms with E-state index in [4.69, 9.17) is 14.2 Å². The van der Waals surface area contributed by atoms with Crippen LogP contribution in [0.2, 0.25) is 0 Å². The first-order chi connectivity index (χ1) is 15.1. The third kappa shape index (κ3) is 7.85. The lowest BCUT2D eigenvalue weighted by molar-refractivity contribution is -0.147. The van der Waals surface area contributed by atoms with Crippen molar-refractivity contribution >= 4 is 17.6 Å². The summed E-state index contributed by atoms with van der Waals surface area (Å²) in [6.45, 7) is 2.29. The molecular formula is C25H25NO5. The highest BCUT2D eigenvalue weighted by molar-refractivity contribution is 5.92. The fourth-order valence-electron chi connectivity index (χ4n) is 2.68. The first-order valence-electron chi connectivity index (χ1n) is 10.0. The van der Waals surface area contributed by atoms with Crippen LogP contribution in [-0.2, 0) is 20.9 Å². The molecule has 1 amide bonds. The van der Waals surface area contributed by atoms with Crippen LogP contribution in [0.3, 0.4) is 0 Å². The number of anilines is 1. The van der Waals surface area contributed by atoms with Crippen molar-refractivity contribution in [1.29, 1.82) is 0 Å². The minimum atomic E-state index is -0.494. The number of carbonyl (C=O) groups excluding carboxylic acids is 2. The van der Waals surface area contributed by atoms with E-state index < -0.39 is 11.9 Å². The molecule has 0 atom stereocenters.